The van der Waals surface area contributed by atoms with E-state index in [9.17, 15) is 4.79 Å². The maximum Gasteiger partial charge on any atom is 0.224 e. The van der Waals surface area contributed by atoms with Crippen LogP contribution in [0.15, 0.2) is 46.8 Å². The Morgan fingerprint density at radius 2 is 2.15 bits per heavy atom. The van der Waals surface area contributed by atoms with Gasteiger partial charge in [0.2, 0.25) is 5.91 Å². The van der Waals surface area contributed by atoms with Gasteiger partial charge < -0.3 is 10.1 Å². The summed E-state index contributed by atoms with van der Waals surface area (Å²) in [6, 6.07) is 13.3. The molecule has 1 aromatic heterocycles. The number of amides is 1. The topological polar surface area (TPSA) is 51.2 Å². The lowest BCUT2D eigenvalue weighted by atomic mass is 10.2. The molecule has 0 aliphatic heterocycles. The third-order valence-electron chi connectivity index (χ3n) is 3.53. The SMILES string of the molecule is CCCC(=O)Nc1ccc2nc(SCCOc3ccccc3Cl)sc2c1. The van der Waals surface area contributed by atoms with Crippen molar-refractivity contribution in [2.75, 3.05) is 17.7 Å². The Hall–Kier alpha value is -1.76. The second-order valence-corrected chi connectivity index (χ2v) is 8.37. The maximum absolute atomic E-state index is 11.7. The van der Waals surface area contributed by atoms with E-state index in [2.05, 4.69) is 10.3 Å². The van der Waals surface area contributed by atoms with Crippen molar-refractivity contribution < 1.29 is 9.53 Å². The number of thiazole rings is 1. The molecule has 136 valence electrons. The fourth-order valence-electron chi connectivity index (χ4n) is 2.34. The number of benzene rings is 2. The van der Waals surface area contributed by atoms with Gasteiger partial charge in [0.1, 0.15) is 5.75 Å². The van der Waals surface area contributed by atoms with Gasteiger partial charge in [0.15, 0.2) is 4.34 Å². The third kappa shape index (κ3) is 5.13. The van der Waals surface area contributed by atoms with Crippen molar-refractivity contribution in [3.05, 3.63) is 47.5 Å². The van der Waals surface area contributed by atoms with E-state index in [1.54, 1.807) is 23.1 Å². The number of aromatic nitrogens is 1. The summed E-state index contributed by atoms with van der Waals surface area (Å²) in [7, 11) is 0. The number of nitrogens with one attached hydrogen (secondary N) is 1. The molecule has 3 aromatic rings. The number of thioether (sulfide) groups is 1. The zero-order valence-corrected chi connectivity index (χ0v) is 16.7. The van der Waals surface area contributed by atoms with Gasteiger partial charge in [-0.25, -0.2) is 4.98 Å². The first-order valence-electron chi connectivity index (χ1n) is 8.36. The lowest BCUT2D eigenvalue weighted by Gasteiger charge is -2.06. The number of anilines is 1. The van der Waals surface area contributed by atoms with E-state index in [0.29, 0.717) is 23.8 Å². The zero-order chi connectivity index (χ0) is 18.4. The number of halogens is 1. The van der Waals surface area contributed by atoms with Gasteiger partial charge in [0, 0.05) is 17.9 Å². The molecule has 4 nitrogen and oxygen atoms in total. The quantitative estimate of drug-likeness (QED) is 0.376. The highest BCUT2D eigenvalue weighted by atomic mass is 35.5. The van der Waals surface area contributed by atoms with E-state index in [-0.39, 0.29) is 5.91 Å². The van der Waals surface area contributed by atoms with Gasteiger partial charge in [-0.3, -0.25) is 4.79 Å². The summed E-state index contributed by atoms with van der Waals surface area (Å²) in [6.45, 7) is 2.55. The van der Waals surface area contributed by atoms with Crippen molar-refractivity contribution in [1.82, 2.24) is 4.98 Å². The first kappa shape index (κ1) is 19.0. The molecule has 0 saturated heterocycles. The molecule has 0 unspecified atom stereocenters. The van der Waals surface area contributed by atoms with Crippen LogP contribution in [0.4, 0.5) is 5.69 Å². The summed E-state index contributed by atoms with van der Waals surface area (Å²) in [6.07, 6.45) is 1.37. The average molecular weight is 407 g/mol. The summed E-state index contributed by atoms with van der Waals surface area (Å²) in [4.78, 5) is 16.3. The first-order valence-corrected chi connectivity index (χ1v) is 10.5. The van der Waals surface area contributed by atoms with E-state index in [1.165, 1.54) is 0 Å². The second-order valence-electron chi connectivity index (χ2n) is 5.59. The van der Waals surface area contributed by atoms with Gasteiger partial charge in [-0.1, -0.05) is 42.4 Å². The molecule has 0 fully saturated rings. The van der Waals surface area contributed by atoms with Gasteiger partial charge in [-0.15, -0.1) is 11.3 Å². The number of ether oxygens (including phenoxy) is 1. The van der Waals surface area contributed by atoms with E-state index < -0.39 is 0 Å². The van der Waals surface area contributed by atoms with Crippen LogP contribution in [0.25, 0.3) is 10.2 Å². The van der Waals surface area contributed by atoms with Crippen LogP contribution >= 0.6 is 34.7 Å². The first-order chi connectivity index (χ1) is 12.7. The molecule has 1 amide bonds. The van der Waals surface area contributed by atoms with Crippen LogP contribution in [-0.2, 0) is 4.79 Å². The van der Waals surface area contributed by atoms with Crippen LogP contribution in [0.2, 0.25) is 5.02 Å². The summed E-state index contributed by atoms with van der Waals surface area (Å²) in [5.74, 6) is 1.53. The minimum atomic E-state index is 0.0442. The normalized spacial score (nSPS) is 10.8. The van der Waals surface area contributed by atoms with E-state index >= 15 is 0 Å². The zero-order valence-electron chi connectivity index (χ0n) is 14.3. The fourth-order valence-corrected chi connectivity index (χ4v) is 4.52. The Morgan fingerprint density at radius 3 is 2.96 bits per heavy atom. The second kappa shape index (κ2) is 9.26. The van der Waals surface area contributed by atoms with Crippen LogP contribution < -0.4 is 10.1 Å². The van der Waals surface area contributed by atoms with Gasteiger partial charge in [-0.2, -0.15) is 0 Å². The van der Waals surface area contributed by atoms with Gasteiger partial charge >= 0.3 is 0 Å². The number of carbonyl (C=O) groups excluding carboxylic acids is 1. The fraction of sp³-hybridized carbons (Fsp3) is 0.263. The molecule has 0 bridgehead atoms. The molecule has 3 rings (SSSR count). The molecular weight excluding hydrogens is 388 g/mol. The highest BCUT2D eigenvalue weighted by molar-refractivity contribution is 8.01. The van der Waals surface area contributed by atoms with Gasteiger partial charge in [0.05, 0.1) is 21.8 Å². The summed E-state index contributed by atoms with van der Waals surface area (Å²) in [5.41, 5.74) is 1.76. The van der Waals surface area contributed by atoms with Crippen LogP contribution in [0.5, 0.6) is 5.75 Å². The predicted octanol–water partition coefficient (Wildman–Crippen LogP) is 5.86. The van der Waals surface area contributed by atoms with Gasteiger partial charge in [0.25, 0.3) is 0 Å². The van der Waals surface area contributed by atoms with Crippen LogP contribution in [0, 0.1) is 0 Å². The summed E-state index contributed by atoms with van der Waals surface area (Å²) >= 11 is 9.34. The lowest BCUT2D eigenvalue weighted by molar-refractivity contribution is -0.116. The van der Waals surface area contributed by atoms with Crippen molar-refractivity contribution >= 4 is 56.5 Å². The van der Waals surface area contributed by atoms with E-state index in [0.717, 1.165) is 32.4 Å². The number of fused-ring (bicyclic) bond motifs is 1. The molecule has 0 aliphatic carbocycles. The number of nitrogens with zero attached hydrogens (tertiary/aromatic N) is 1. The largest absolute Gasteiger partial charge is 0.491 e. The molecule has 0 atom stereocenters. The van der Waals surface area contributed by atoms with Crippen molar-refractivity contribution in [2.24, 2.45) is 0 Å². The molecule has 1 N–H and O–H groups in total. The molecule has 26 heavy (non-hydrogen) atoms. The molecule has 0 aliphatic rings. The number of carbonyl (C=O) groups is 1. The molecule has 1 heterocycles. The van der Waals surface area contributed by atoms with Crippen molar-refractivity contribution in [3.8, 4) is 5.75 Å². The predicted molar refractivity (Wildman–Crippen MR) is 111 cm³/mol. The van der Waals surface area contributed by atoms with Crippen LogP contribution in [0.3, 0.4) is 0 Å². The molecule has 0 saturated carbocycles. The Labute approximate surface area is 165 Å². The Morgan fingerprint density at radius 1 is 1.31 bits per heavy atom. The Kier molecular flexibility index (Phi) is 6.77. The van der Waals surface area contributed by atoms with Crippen LogP contribution in [-0.4, -0.2) is 23.3 Å². The molecule has 0 spiro atoms. The Bertz CT molecular complexity index is 898. The highest BCUT2D eigenvalue weighted by Gasteiger charge is 2.08. The van der Waals surface area contributed by atoms with Crippen LogP contribution in [0.1, 0.15) is 19.8 Å². The third-order valence-corrected chi connectivity index (χ3v) is 5.97. The summed E-state index contributed by atoms with van der Waals surface area (Å²) < 4.78 is 7.74. The average Bonchev–Trinajstić information content (AvgIpc) is 3.02. The number of para-hydroxylation sites is 1. The van der Waals surface area contributed by atoms with Crippen molar-refractivity contribution in [2.45, 2.75) is 24.1 Å². The minimum absolute atomic E-state index is 0.0442. The van der Waals surface area contributed by atoms with Gasteiger partial charge in [-0.05, 0) is 36.8 Å². The van der Waals surface area contributed by atoms with Crippen molar-refractivity contribution in [3.63, 3.8) is 0 Å². The number of hydrogen-bond acceptors (Lipinski definition) is 5. The molecule has 7 heteroatoms. The summed E-state index contributed by atoms with van der Waals surface area (Å²) in [5, 5.41) is 3.54. The number of hydrogen-bond donors (Lipinski definition) is 1. The maximum atomic E-state index is 11.7. The lowest BCUT2D eigenvalue weighted by Crippen LogP contribution is -2.10. The van der Waals surface area contributed by atoms with E-state index in [1.807, 2.05) is 49.4 Å². The molecule has 0 radical (unpaired) electrons. The Balaban J connectivity index is 1.55. The smallest absolute Gasteiger partial charge is 0.224 e. The monoisotopic (exact) mass is 406 g/mol. The number of rotatable bonds is 8. The molecular formula is C19H19ClN2O2S2. The molecule has 2 aromatic carbocycles. The van der Waals surface area contributed by atoms with Crippen molar-refractivity contribution in [1.29, 1.82) is 0 Å². The highest BCUT2D eigenvalue weighted by Crippen LogP contribution is 2.31. The standard InChI is InChI=1S/C19H19ClN2O2S2/c1-2-5-18(23)21-13-8-9-15-17(12-13)26-19(22-15)25-11-10-24-16-7-4-3-6-14(16)20/h3-4,6-9,12H,2,5,10-11H2,1H3,(H,21,23). The van der Waals surface area contributed by atoms with E-state index in [4.69, 9.17) is 16.3 Å². The minimum Gasteiger partial charge on any atom is -0.491 e.